The van der Waals surface area contributed by atoms with Crippen molar-refractivity contribution in [2.24, 2.45) is 0 Å². The zero-order valence-electron chi connectivity index (χ0n) is 34.9. The number of hydrogen-bond acceptors (Lipinski definition) is 2. The van der Waals surface area contributed by atoms with Gasteiger partial charge in [0.2, 0.25) is 0 Å². The molecule has 13 rings (SSSR count). The lowest BCUT2D eigenvalue weighted by atomic mass is 9.68. The molecule has 12 aromatic rings. The van der Waals surface area contributed by atoms with Crippen LogP contribution in [0.15, 0.2) is 243 Å². The molecule has 2 aromatic heterocycles. The van der Waals surface area contributed by atoms with Crippen molar-refractivity contribution in [1.29, 1.82) is 0 Å². The fraction of sp³-hybridized carbons (Fsp3) is 0.0164. The third-order valence-corrected chi connectivity index (χ3v) is 14.6. The Balaban J connectivity index is 0.985. The molecule has 3 heteroatoms. The first kappa shape index (κ1) is 36.7. The highest BCUT2D eigenvalue weighted by atomic mass is 32.1. The number of benzene rings is 10. The van der Waals surface area contributed by atoms with Gasteiger partial charge in [0.05, 0.1) is 22.1 Å². The van der Waals surface area contributed by atoms with Crippen LogP contribution in [0.1, 0.15) is 22.3 Å². The molecule has 10 aromatic carbocycles. The normalized spacial score (nSPS) is 12.8. The van der Waals surface area contributed by atoms with E-state index >= 15 is 0 Å². The molecule has 0 spiro atoms. The summed E-state index contributed by atoms with van der Waals surface area (Å²) >= 11 is 1.86. The second-order valence-corrected chi connectivity index (χ2v) is 17.9. The monoisotopic (exact) mass is 832 g/mol. The minimum Gasteiger partial charge on any atom is -0.310 e. The summed E-state index contributed by atoms with van der Waals surface area (Å²) < 4.78 is 4.98. The predicted molar refractivity (Wildman–Crippen MR) is 271 cm³/mol. The van der Waals surface area contributed by atoms with Crippen LogP contribution in [0.4, 0.5) is 17.1 Å². The summed E-state index contributed by atoms with van der Waals surface area (Å²) in [5.41, 5.74) is 16.4. The van der Waals surface area contributed by atoms with Crippen molar-refractivity contribution >= 4 is 70.4 Å². The Kier molecular flexibility index (Phi) is 8.34. The fourth-order valence-electron chi connectivity index (χ4n) is 10.7. The van der Waals surface area contributed by atoms with Gasteiger partial charge in [-0.15, -0.1) is 11.3 Å². The number of thiophene rings is 1. The molecule has 0 aliphatic heterocycles. The second kappa shape index (κ2) is 14.6. The van der Waals surface area contributed by atoms with Crippen molar-refractivity contribution in [3.8, 4) is 27.9 Å². The quantitative estimate of drug-likeness (QED) is 0.155. The lowest BCUT2D eigenvalue weighted by Crippen LogP contribution is -2.28. The highest BCUT2D eigenvalue weighted by molar-refractivity contribution is 7.25. The zero-order chi connectivity index (χ0) is 42.2. The van der Waals surface area contributed by atoms with Gasteiger partial charge >= 0.3 is 0 Å². The van der Waals surface area contributed by atoms with Crippen LogP contribution in [0.25, 0.3) is 69.9 Å². The van der Waals surface area contributed by atoms with E-state index in [2.05, 4.69) is 252 Å². The summed E-state index contributed by atoms with van der Waals surface area (Å²) in [6.45, 7) is 0. The van der Waals surface area contributed by atoms with Crippen molar-refractivity contribution in [3.05, 3.63) is 265 Å². The van der Waals surface area contributed by atoms with E-state index in [-0.39, 0.29) is 0 Å². The molecule has 0 radical (unpaired) electrons. The number of fused-ring (bicyclic) bond motifs is 9. The minimum absolute atomic E-state index is 0.501. The fourth-order valence-corrected chi connectivity index (χ4v) is 11.8. The highest BCUT2D eigenvalue weighted by Crippen LogP contribution is 2.59. The largest absolute Gasteiger partial charge is 0.310 e. The number of para-hydroxylation sites is 2. The summed E-state index contributed by atoms with van der Waals surface area (Å²) in [6, 6.07) is 89.5. The van der Waals surface area contributed by atoms with Crippen LogP contribution >= 0.6 is 11.3 Å². The Labute approximate surface area is 376 Å². The van der Waals surface area contributed by atoms with Gasteiger partial charge in [-0.3, -0.25) is 0 Å². The number of aromatic nitrogens is 1. The SMILES string of the molecule is c1ccc(C2(c3ccccc3)c3ccccc3-c3c(N(c4ccc(-c5ccc(-n6c7ccccc7c7ccccc76)cc5)cc4)c4ccc5sc6ccccc6c5c4)cccc32)cc1. The van der Waals surface area contributed by atoms with Gasteiger partial charge in [-0.1, -0.05) is 176 Å². The van der Waals surface area contributed by atoms with E-state index in [1.165, 1.54) is 86.5 Å². The Bertz CT molecular complexity index is 3620. The van der Waals surface area contributed by atoms with Crippen molar-refractivity contribution < 1.29 is 0 Å². The summed E-state index contributed by atoms with van der Waals surface area (Å²) in [7, 11) is 0. The van der Waals surface area contributed by atoms with Crippen molar-refractivity contribution in [1.82, 2.24) is 4.57 Å². The van der Waals surface area contributed by atoms with E-state index in [9.17, 15) is 0 Å². The van der Waals surface area contributed by atoms with Crippen LogP contribution in [0.5, 0.6) is 0 Å². The van der Waals surface area contributed by atoms with Gasteiger partial charge in [0.15, 0.2) is 0 Å². The molecule has 0 amide bonds. The molecule has 300 valence electrons. The molecule has 1 aliphatic carbocycles. The van der Waals surface area contributed by atoms with E-state index in [1.54, 1.807) is 0 Å². The number of rotatable bonds is 7. The first-order chi connectivity index (χ1) is 31.8. The molecule has 0 saturated heterocycles. The molecule has 0 N–H and O–H groups in total. The Morgan fingerprint density at radius 3 is 1.59 bits per heavy atom. The van der Waals surface area contributed by atoms with Crippen LogP contribution in [0, 0.1) is 0 Å². The smallest absolute Gasteiger partial charge is 0.0714 e. The molecule has 2 nitrogen and oxygen atoms in total. The van der Waals surface area contributed by atoms with Crippen LogP contribution in [0.2, 0.25) is 0 Å². The average Bonchev–Trinajstić information content (AvgIpc) is 4.02. The topological polar surface area (TPSA) is 8.17 Å². The molecular formula is C61H40N2S. The highest BCUT2D eigenvalue weighted by Gasteiger charge is 2.47. The molecule has 0 saturated carbocycles. The van der Waals surface area contributed by atoms with E-state index < -0.39 is 5.41 Å². The molecule has 0 unspecified atom stereocenters. The van der Waals surface area contributed by atoms with Gasteiger partial charge < -0.3 is 9.47 Å². The maximum absolute atomic E-state index is 2.49. The first-order valence-corrected chi connectivity index (χ1v) is 22.8. The summed E-state index contributed by atoms with van der Waals surface area (Å²) in [5.74, 6) is 0. The molecule has 2 heterocycles. The number of hydrogen-bond donors (Lipinski definition) is 0. The van der Waals surface area contributed by atoms with Gasteiger partial charge in [-0.05, 0) is 106 Å². The van der Waals surface area contributed by atoms with E-state index in [1.807, 2.05) is 11.3 Å². The minimum atomic E-state index is -0.501. The van der Waals surface area contributed by atoms with Crippen LogP contribution in [-0.4, -0.2) is 4.57 Å². The lowest BCUT2D eigenvalue weighted by molar-refractivity contribution is 0.768. The third kappa shape index (κ3) is 5.44. The summed E-state index contributed by atoms with van der Waals surface area (Å²) in [6.07, 6.45) is 0. The van der Waals surface area contributed by atoms with Crippen molar-refractivity contribution in [2.75, 3.05) is 4.90 Å². The van der Waals surface area contributed by atoms with Crippen molar-refractivity contribution in [2.45, 2.75) is 5.41 Å². The van der Waals surface area contributed by atoms with Gasteiger partial charge in [0.25, 0.3) is 0 Å². The van der Waals surface area contributed by atoms with E-state index in [0.29, 0.717) is 0 Å². The first-order valence-electron chi connectivity index (χ1n) is 22.0. The van der Waals surface area contributed by atoms with Gasteiger partial charge in [0.1, 0.15) is 0 Å². The summed E-state index contributed by atoms with van der Waals surface area (Å²) in [4.78, 5) is 2.49. The van der Waals surface area contributed by atoms with E-state index in [0.717, 1.165) is 22.7 Å². The molecule has 64 heavy (non-hydrogen) atoms. The van der Waals surface area contributed by atoms with Crippen LogP contribution in [-0.2, 0) is 5.41 Å². The molecule has 1 aliphatic rings. The maximum Gasteiger partial charge on any atom is 0.0714 e. The standard InChI is InChI=1S/C61H40N2S/c1-3-16-43(17-4-1)61(44-18-5-2-6-19-44)53-24-11-7-23-51(53)60-54(61)25-15-28-57(60)62(47-38-39-59-52(40-47)50-22-10-14-29-58(50)64-59)45-34-30-41(31-35-45)42-32-36-46(37-33-42)63-55-26-12-8-20-48(55)49-21-9-13-27-56(49)63/h1-40H. The zero-order valence-corrected chi connectivity index (χ0v) is 35.7. The third-order valence-electron chi connectivity index (χ3n) is 13.5. The Morgan fingerprint density at radius 1 is 0.375 bits per heavy atom. The van der Waals surface area contributed by atoms with E-state index in [4.69, 9.17) is 0 Å². The second-order valence-electron chi connectivity index (χ2n) is 16.8. The Hall–Kier alpha value is -7.98. The summed E-state index contributed by atoms with van der Waals surface area (Å²) in [5, 5.41) is 5.11. The predicted octanol–water partition coefficient (Wildman–Crippen LogP) is 16.7. The van der Waals surface area contributed by atoms with Crippen molar-refractivity contribution in [3.63, 3.8) is 0 Å². The van der Waals surface area contributed by atoms with Crippen LogP contribution in [0.3, 0.4) is 0 Å². The average molecular weight is 833 g/mol. The van der Waals surface area contributed by atoms with Crippen LogP contribution < -0.4 is 4.90 Å². The lowest BCUT2D eigenvalue weighted by Gasteiger charge is -2.34. The van der Waals surface area contributed by atoms with Gasteiger partial charge in [-0.25, -0.2) is 0 Å². The molecule has 0 bridgehead atoms. The Morgan fingerprint density at radius 2 is 0.906 bits per heavy atom. The number of anilines is 3. The van der Waals surface area contributed by atoms with Gasteiger partial charge in [-0.2, -0.15) is 0 Å². The molecular weight excluding hydrogens is 793 g/mol. The molecule has 0 fully saturated rings. The maximum atomic E-state index is 2.49. The van der Waals surface area contributed by atoms with Gasteiger partial charge in [0, 0.05) is 53.6 Å². The molecule has 0 atom stereocenters. The number of nitrogens with zero attached hydrogens (tertiary/aromatic N) is 2.